The molecular weight excluding hydrogens is 168 g/mol. The molecule has 1 aromatic carbocycles. The molecule has 0 aliphatic carbocycles. The second kappa shape index (κ2) is 4.63. The SMILES string of the molecule is [CH2]Cc1c(C(C)C)cccc1C(C)C. The predicted molar refractivity (Wildman–Crippen MR) is 63.7 cm³/mol. The highest BCUT2D eigenvalue weighted by atomic mass is 14.2. The van der Waals surface area contributed by atoms with Gasteiger partial charge in [-0.05, 0) is 41.9 Å². The summed E-state index contributed by atoms with van der Waals surface area (Å²) < 4.78 is 0. The summed E-state index contributed by atoms with van der Waals surface area (Å²) in [5.41, 5.74) is 4.38. The van der Waals surface area contributed by atoms with Crippen molar-refractivity contribution in [1.29, 1.82) is 0 Å². The number of rotatable bonds is 3. The molecule has 1 aromatic rings. The average Bonchev–Trinajstić information content (AvgIpc) is 2.16. The lowest BCUT2D eigenvalue weighted by molar-refractivity contribution is 0.808. The van der Waals surface area contributed by atoms with Crippen LogP contribution in [0.1, 0.15) is 56.2 Å². The van der Waals surface area contributed by atoms with Gasteiger partial charge in [-0.15, -0.1) is 0 Å². The third kappa shape index (κ3) is 2.17. The van der Waals surface area contributed by atoms with Crippen molar-refractivity contribution in [3.63, 3.8) is 0 Å². The Morgan fingerprint density at radius 3 is 1.71 bits per heavy atom. The van der Waals surface area contributed by atoms with E-state index in [1.54, 1.807) is 0 Å². The van der Waals surface area contributed by atoms with E-state index >= 15 is 0 Å². The zero-order valence-electron chi connectivity index (χ0n) is 9.80. The summed E-state index contributed by atoms with van der Waals surface area (Å²) in [6.45, 7) is 13.0. The summed E-state index contributed by atoms with van der Waals surface area (Å²) in [5, 5.41) is 0. The third-order valence-corrected chi connectivity index (χ3v) is 2.74. The van der Waals surface area contributed by atoms with Gasteiger partial charge < -0.3 is 0 Å². The monoisotopic (exact) mass is 189 g/mol. The maximum atomic E-state index is 4.04. The van der Waals surface area contributed by atoms with Gasteiger partial charge in [-0.3, -0.25) is 0 Å². The van der Waals surface area contributed by atoms with Gasteiger partial charge in [0.25, 0.3) is 0 Å². The molecule has 0 atom stereocenters. The molecule has 0 saturated carbocycles. The Hall–Kier alpha value is -0.780. The van der Waals surface area contributed by atoms with Gasteiger partial charge in [-0.2, -0.15) is 0 Å². The van der Waals surface area contributed by atoms with Crippen LogP contribution in [0.3, 0.4) is 0 Å². The second-order valence-electron chi connectivity index (χ2n) is 4.47. The molecule has 14 heavy (non-hydrogen) atoms. The molecule has 0 fully saturated rings. The molecule has 77 valence electrons. The lowest BCUT2D eigenvalue weighted by Gasteiger charge is -2.18. The summed E-state index contributed by atoms with van der Waals surface area (Å²) >= 11 is 0. The van der Waals surface area contributed by atoms with Gasteiger partial charge in [0.1, 0.15) is 0 Å². The van der Waals surface area contributed by atoms with E-state index in [2.05, 4.69) is 52.8 Å². The van der Waals surface area contributed by atoms with E-state index < -0.39 is 0 Å². The molecule has 0 aromatic heterocycles. The topological polar surface area (TPSA) is 0 Å². The third-order valence-electron chi connectivity index (χ3n) is 2.74. The van der Waals surface area contributed by atoms with Crippen molar-refractivity contribution in [1.82, 2.24) is 0 Å². The fourth-order valence-electron chi connectivity index (χ4n) is 1.99. The van der Waals surface area contributed by atoms with Crippen LogP contribution in [0.2, 0.25) is 0 Å². The summed E-state index contributed by atoms with van der Waals surface area (Å²) in [7, 11) is 0. The second-order valence-corrected chi connectivity index (χ2v) is 4.47. The molecule has 0 heteroatoms. The molecule has 0 bridgehead atoms. The van der Waals surface area contributed by atoms with Gasteiger partial charge in [-0.1, -0.05) is 45.9 Å². The molecule has 0 aliphatic rings. The fraction of sp³-hybridized carbons (Fsp3) is 0.500. The quantitative estimate of drug-likeness (QED) is 0.664. The van der Waals surface area contributed by atoms with E-state index in [4.69, 9.17) is 0 Å². The normalized spacial score (nSPS) is 11.4. The molecule has 0 unspecified atom stereocenters. The minimum Gasteiger partial charge on any atom is -0.0617 e. The van der Waals surface area contributed by atoms with E-state index in [9.17, 15) is 0 Å². The van der Waals surface area contributed by atoms with E-state index in [1.807, 2.05) is 0 Å². The first kappa shape index (κ1) is 11.3. The Labute approximate surface area is 88.4 Å². The lowest BCUT2D eigenvalue weighted by atomic mass is 9.87. The fourth-order valence-corrected chi connectivity index (χ4v) is 1.99. The maximum Gasteiger partial charge on any atom is -0.0216 e. The van der Waals surface area contributed by atoms with Crippen molar-refractivity contribution >= 4 is 0 Å². The summed E-state index contributed by atoms with van der Waals surface area (Å²) in [4.78, 5) is 0. The molecular formula is C14H21. The van der Waals surface area contributed by atoms with Gasteiger partial charge in [0.05, 0.1) is 0 Å². The van der Waals surface area contributed by atoms with Crippen molar-refractivity contribution in [3.05, 3.63) is 41.8 Å². The van der Waals surface area contributed by atoms with Gasteiger partial charge in [0.15, 0.2) is 0 Å². The van der Waals surface area contributed by atoms with Crippen LogP contribution in [0.4, 0.5) is 0 Å². The number of hydrogen-bond acceptors (Lipinski definition) is 0. The van der Waals surface area contributed by atoms with Crippen molar-refractivity contribution in [2.24, 2.45) is 0 Å². The molecule has 0 amide bonds. The van der Waals surface area contributed by atoms with E-state index in [0.29, 0.717) is 11.8 Å². The number of benzene rings is 1. The van der Waals surface area contributed by atoms with Crippen LogP contribution < -0.4 is 0 Å². The van der Waals surface area contributed by atoms with Gasteiger partial charge in [0.2, 0.25) is 0 Å². The van der Waals surface area contributed by atoms with Crippen molar-refractivity contribution in [2.75, 3.05) is 0 Å². The van der Waals surface area contributed by atoms with E-state index in [1.165, 1.54) is 16.7 Å². The summed E-state index contributed by atoms with van der Waals surface area (Å²) in [6.07, 6.45) is 0.905. The minimum absolute atomic E-state index is 0.602. The molecule has 0 saturated heterocycles. The predicted octanol–water partition coefficient (Wildman–Crippen LogP) is 4.31. The maximum absolute atomic E-state index is 4.04. The summed E-state index contributed by atoms with van der Waals surface area (Å²) in [5.74, 6) is 1.20. The van der Waals surface area contributed by atoms with Crippen molar-refractivity contribution < 1.29 is 0 Å². The van der Waals surface area contributed by atoms with Crippen molar-refractivity contribution in [3.8, 4) is 0 Å². The lowest BCUT2D eigenvalue weighted by Crippen LogP contribution is -2.02. The highest BCUT2D eigenvalue weighted by Crippen LogP contribution is 2.27. The smallest absolute Gasteiger partial charge is 0.0216 e. The standard InChI is InChI=1S/C14H21/c1-6-12-13(10(2)3)8-7-9-14(12)11(4)5/h7-11H,1,6H2,2-5H3. The molecule has 0 aliphatic heterocycles. The van der Waals surface area contributed by atoms with Crippen LogP contribution in [-0.4, -0.2) is 0 Å². The Morgan fingerprint density at radius 2 is 1.43 bits per heavy atom. The minimum atomic E-state index is 0.602. The molecule has 1 radical (unpaired) electrons. The average molecular weight is 189 g/mol. The van der Waals surface area contributed by atoms with Crippen LogP contribution in [0, 0.1) is 6.92 Å². The molecule has 0 nitrogen and oxygen atoms in total. The largest absolute Gasteiger partial charge is 0.0617 e. The highest BCUT2D eigenvalue weighted by Gasteiger charge is 2.11. The molecule has 0 spiro atoms. The Kier molecular flexibility index (Phi) is 3.74. The van der Waals surface area contributed by atoms with Crippen LogP contribution >= 0.6 is 0 Å². The molecule has 1 rings (SSSR count). The first-order valence-corrected chi connectivity index (χ1v) is 5.48. The Bertz CT molecular complexity index is 269. The first-order chi connectivity index (χ1) is 6.57. The highest BCUT2D eigenvalue weighted by molar-refractivity contribution is 5.39. The van der Waals surface area contributed by atoms with Crippen LogP contribution in [0.15, 0.2) is 18.2 Å². The van der Waals surface area contributed by atoms with E-state index in [0.717, 1.165) is 6.42 Å². The zero-order chi connectivity index (χ0) is 10.7. The zero-order valence-corrected chi connectivity index (χ0v) is 9.80. The Balaban J connectivity index is 3.25. The summed E-state index contributed by atoms with van der Waals surface area (Å²) in [6, 6.07) is 6.64. The molecule has 0 heterocycles. The Morgan fingerprint density at radius 1 is 1.00 bits per heavy atom. The van der Waals surface area contributed by atoms with Gasteiger partial charge in [0, 0.05) is 0 Å². The van der Waals surface area contributed by atoms with Crippen LogP contribution in [-0.2, 0) is 6.42 Å². The van der Waals surface area contributed by atoms with Crippen LogP contribution in [0.25, 0.3) is 0 Å². The van der Waals surface area contributed by atoms with E-state index in [-0.39, 0.29) is 0 Å². The first-order valence-electron chi connectivity index (χ1n) is 5.48. The van der Waals surface area contributed by atoms with Crippen LogP contribution in [0.5, 0.6) is 0 Å². The van der Waals surface area contributed by atoms with Gasteiger partial charge >= 0.3 is 0 Å². The molecule has 0 N–H and O–H groups in total. The van der Waals surface area contributed by atoms with Crippen molar-refractivity contribution in [2.45, 2.75) is 46.0 Å². The number of hydrogen-bond donors (Lipinski definition) is 0. The van der Waals surface area contributed by atoms with Gasteiger partial charge in [-0.25, -0.2) is 0 Å².